The molecule has 3 nitrogen and oxygen atoms in total. The van der Waals surface area contributed by atoms with Gasteiger partial charge in [-0.2, -0.15) is 0 Å². The normalized spacial score (nSPS) is 12.4. The fraction of sp³-hybridized carbons (Fsp3) is 0.0400. The van der Waals surface area contributed by atoms with Gasteiger partial charge in [0.1, 0.15) is 0 Å². The standard InChI is InChI=1S/C36H23BN2.C32H22BN.C7H8/c1-3-12-24(13-4-1)38(25-14-5-2-6-15-25)26-22-31-27-16-7-9-20-33(27)37-35(31)32(23-26)30-19-11-18-29-28-17-8-10-21-34(28)39(37)36(29)30;1-19-9-3-4-10-21(19)27-18-28-24-13-7-12-23-26-15-8-14-25-22-11-5-6-16-30(22)34(32(25)26)33(31(23)24)29(28)17-20(27)2;1-7-5-3-2-4-6-7/h1-23H;3-18H,1-2H3;2-6H,1H3. The first-order chi connectivity index (χ1) is 39.5. The van der Waals surface area contributed by atoms with Crippen LogP contribution < -0.4 is 26.8 Å². The molecule has 0 fully saturated rings. The van der Waals surface area contributed by atoms with E-state index in [1.54, 1.807) is 0 Å². The number of hydrogen-bond acceptors (Lipinski definition) is 1. The molecule has 18 rings (SSSR count). The molecule has 0 amide bonds. The summed E-state index contributed by atoms with van der Waals surface area (Å²) >= 11 is 0. The van der Waals surface area contributed by atoms with Crippen LogP contribution in [0.1, 0.15) is 16.7 Å². The summed E-state index contributed by atoms with van der Waals surface area (Å²) in [7, 11) is 0. The molecule has 4 aliphatic rings. The monoisotopic (exact) mass is 1020 g/mol. The van der Waals surface area contributed by atoms with Gasteiger partial charge in [0, 0.05) is 71.8 Å². The van der Waals surface area contributed by atoms with Crippen LogP contribution in [0.15, 0.2) is 267 Å². The van der Waals surface area contributed by atoms with Crippen LogP contribution in [0.4, 0.5) is 17.1 Å². The summed E-state index contributed by atoms with van der Waals surface area (Å²) in [6.45, 7) is 6.94. The van der Waals surface area contributed by atoms with Crippen molar-refractivity contribution in [1.29, 1.82) is 0 Å². The van der Waals surface area contributed by atoms with Gasteiger partial charge in [-0.1, -0.05) is 218 Å². The Morgan fingerprint density at radius 1 is 0.275 bits per heavy atom. The lowest BCUT2D eigenvalue weighted by molar-refractivity contribution is 1.28. The van der Waals surface area contributed by atoms with Gasteiger partial charge < -0.3 is 13.9 Å². The minimum atomic E-state index is 0.166. The van der Waals surface area contributed by atoms with Gasteiger partial charge in [0.05, 0.1) is 0 Å². The van der Waals surface area contributed by atoms with Crippen molar-refractivity contribution in [1.82, 2.24) is 8.96 Å². The zero-order valence-corrected chi connectivity index (χ0v) is 44.9. The Labute approximate surface area is 467 Å². The van der Waals surface area contributed by atoms with Crippen molar-refractivity contribution in [2.45, 2.75) is 20.8 Å². The van der Waals surface area contributed by atoms with Crippen LogP contribution in [-0.4, -0.2) is 22.7 Å². The van der Waals surface area contributed by atoms with Gasteiger partial charge in [0.2, 0.25) is 0 Å². The lowest BCUT2D eigenvalue weighted by Gasteiger charge is -2.29. The highest BCUT2D eigenvalue weighted by Gasteiger charge is 2.44. The maximum atomic E-state index is 2.62. The van der Waals surface area contributed by atoms with Crippen molar-refractivity contribution in [3.8, 4) is 55.6 Å². The van der Waals surface area contributed by atoms with E-state index in [1.165, 1.54) is 143 Å². The summed E-state index contributed by atoms with van der Waals surface area (Å²) < 4.78 is 5.22. The Kier molecular flexibility index (Phi) is 10.5. The SMILES string of the molecule is Cc1ccccc1.Cc1ccccc1-c1cc2c(cc1C)B1c3c-2cccc3-c2cccc3c4ccccc4n1c23.c1ccc(N(c2ccccc2)c2cc3c4c(c2)-c2cccc5c6ccccc6n(c25)B4c2ccccc2-3)cc1. The summed E-state index contributed by atoms with van der Waals surface area (Å²) in [5.41, 5.74) is 32.0. The van der Waals surface area contributed by atoms with Gasteiger partial charge >= 0.3 is 13.7 Å². The number of hydrogen-bond donors (Lipinski definition) is 0. The first-order valence-corrected chi connectivity index (χ1v) is 28.1. The largest absolute Gasteiger partial charge is 0.375 e. The zero-order valence-electron chi connectivity index (χ0n) is 44.9. The van der Waals surface area contributed by atoms with E-state index >= 15 is 0 Å². The fourth-order valence-corrected chi connectivity index (χ4v) is 14.2. The number of benzene rings is 12. The first kappa shape index (κ1) is 46.3. The minimum absolute atomic E-state index is 0.166. The molecule has 0 saturated heterocycles. The van der Waals surface area contributed by atoms with E-state index in [-0.39, 0.29) is 13.7 Å². The summed E-state index contributed by atoms with van der Waals surface area (Å²) in [6.07, 6.45) is 0. The highest BCUT2D eigenvalue weighted by atomic mass is 15.1. The molecule has 5 heteroatoms. The van der Waals surface area contributed by atoms with Crippen molar-refractivity contribution in [2.24, 2.45) is 0 Å². The fourth-order valence-electron chi connectivity index (χ4n) is 14.2. The van der Waals surface area contributed by atoms with Crippen molar-refractivity contribution in [3.63, 3.8) is 0 Å². The number of rotatable bonds is 4. The molecule has 14 aromatic rings. The van der Waals surface area contributed by atoms with Gasteiger partial charge in [-0.3, -0.25) is 0 Å². The molecule has 12 aromatic carbocycles. The zero-order chi connectivity index (χ0) is 53.2. The molecule has 374 valence electrons. The predicted molar refractivity (Wildman–Crippen MR) is 342 cm³/mol. The number of nitrogens with zero attached hydrogens (tertiary/aromatic N) is 3. The highest BCUT2D eigenvalue weighted by Crippen LogP contribution is 2.47. The second kappa shape index (κ2) is 18.1. The Morgan fingerprint density at radius 3 is 1.31 bits per heavy atom. The van der Waals surface area contributed by atoms with Gasteiger partial charge in [0.25, 0.3) is 0 Å². The molecule has 4 aliphatic heterocycles. The van der Waals surface area contributed by atoms with E-state index in [4.69, 9.17) is 0 Å². The molecular weight excluding hydrogens is 964 g/mol. The Bertz CT molecular complexity index is 4780. The highest BCUT2D eigenvalue weighted by molar-refractivity contribution is 6.92. The second-order valence-corrected chi connectivity index (χ2v) is 22.0. The molecule has 6 heterocycles. The molecule has 0 saturated carbocycles. The number of para-hydroxylation sites is 6. The molecular formula is C75H53B2N3. The smallest absolute Gasteiger partial charge is 0.330 e. The van der Waals surface area contributed by atoms with E-state index in [9.17, 15) is 0 Å². The molecule has 0 radical (unpaired) electrons. The number of aromatic nitrogens is 2. The van der Waals surface area contributed by atoms with Gasteiger partial charge in [-0.25, -0.2) is 0 Å². The number of fused-ring (bicyclic) bond motifs is 16. The van der Waals surface area contributed by atoms with Crippen LogP contribution in [-0.2, 0) is 0 Å². The van der Waals surface area contributed by atoms with Crippen LogP contribution in [0.2, 0.25) is 0 Å². The van der Waals surface area contributed by atoms with Crippen LogP contribution in [0, 0.1) is 20.8 Å². The van der Waals surface area contributed by atoms with Crippen LogP contribution >= 0.6 is 0 Å². The van der Waals surface area contributed by atoms with E-state index in [2.05, 4.69) is 283 Å². The Balaban J connectivity index is 0.000000119. The summed E-state index contributed by atoms with van der Waals surface area (Å²) in [6, 6.07) is 97.5. The van der Waals surface area contributed by atoms with E-state index in [1.807, 2.05) is 18.2 Å². The van der Waals surface area contributed by atoms with Gasteiger partial charge in [-0.05, 0) is 153 Å². The van der Waals surface area contributed by atoms with Crippen molar-refractivity contribution in [3.05, 3.63) is 284 Å². The van der Waals surface area contributed by atoms with E-state index < -0.39 is 0 Å². The third kappa shape index (κ3) is 6.83. The van der Waals surface area contributed by atoms with Crippen LogP contribution in [0.25, 0.3) is 99.2 Å². The van der Waals surface area contributed by atoms with Crippen molar-refractivity contribution < 1.29 is 0 Å². The average molecular weight is 1020 g/mol. The van der Waals surface area contributed by atoms with Crippen LogP contribution in [0.3, 0.4) is 0 Å². The number of aryl methyl sites for hydroxylation is 3. The molecule has 0 aliphatic carbocycles. The maximum Gasteiger partial charge on any atom is 0.330 e. The molecule has 2 aromatic heterocycles. The quantitative estimate of drug-likeness (QED) is 0.160. The second-order valence-electron chi connectivity index (χ2n) is 22.0. The third-order valence-corrected chi connectivity index (χ3v) is 17.6. The Hall–Kier alpha value is -9.83. The lowest BCUT2D eigenvalue weighted by atomic mass is 9.50. The molecule has 0 spiro atoms. The Morgan fingerprint density at radius 2 is 0.713 bits per heavy atom. The molecule has 0 N–H and O–H groups in total. The summed E-state index contributed by atoms with van der Waals surface area (Å²) in [5.74, 6) is 0. The molecule has 0 bridgehead atoms. The topological polar surface area (TPSA) is 13.1 Å². The predicted octanol–water partition coefficient (Wildman–Crippen LogP) is 16.6. The number of anilines is 3. The first-order valence-electron chi connectivity index (χ1n) is 28.1. The summed E-state index contributed by atoms with van der Waals surface area (Å²) in [4.78, 5) is 2.39. The van der Waals surface area contributed by atoms with Gasteiger partial charge in [0.15, 0.2) is 0 Å². The molecule has 0 unspecified atom stereocenters. The van der Waals surface area contributed by atoms with E-state index in [0.29, 0.717) is 0 Å². The van der Waals surface area contributed by atoms with Crippen LogP contribution in [0.5, 0.6) is 0 Å². The summed E-state index contributed by atoms with van der Waals surface area (Å²) in [5, 5.41) is 5.35. The molecule has 0 atom stereocenters. The maximum absolute atomic E-state index is 2.62. The van der Waals surface area contributed by atoms with Crippen molar-refractivity contribution >= 4 is 96.2 Å². The van der Waals surface area contributed by atoms with Crippen molar-refractivity contribution in [2.75, 3.05) is 4.90 Å². The van der Waals surface area contributed by atoms with Gasteiger partial charge in [-0.15, -0.1) is 0 Å². The minimum Gasteiger partial charge on any atom is -0.375 e. The molecule has 80 heavy (non-hydrogen) atoms. The third-order valence-electron chi connectivity index (χ3n) is 17.6. The lowest BCUT2D eigenvalue weighted by Crippen LogP contribution is -2.47. The average Bonchev–Trinajstić information content (AvgIpc) is 3.48. The van der Waals surface area contributed by atoms with E-state index in [0.717, 1.165) is 11.4 Å².